The zero-order valence-electron chi connectivity index (χ0n) is 11.6. The van der Waals surface area contributed by atoms with Gasteiger partial charge in [-0.3, -0.25) is 0 Å². The van der Waals surface area contributed by atoms with Gasteiger partial charge in [-0.05, 0) is 24.1 Å². The van der Waals surface area contributed by atoms with Crippen LogP contribution in [-0.2, 0) is 0 Å². The molecule has 1 aromatic heterocycles. The summed E-state index contributed by atoms with van der Waals surface area (Å²) in [6, 6.07) is 5.51. The number of hydrogen-bond donors (Lipinski definition) is 1. The summed E-state index contributed by atoms with van der Waals surface area (Å²) in [6.07, 6.45) is 0. The maximum Gasteiger partial charge on any atom is 0.176 e. The number of nitrogens with zero attached hydrogens (tertiary/aromatic N) is 1. The van der Waals surface area contributed by atoms with Crippen LogP contribution in [0.3, 0.4) is 0 Å². The third-order valence-electron chi connectivity index (χ3n) is 2.98. The number of nitrogens with two attached hydrogens (primary N) is 1. The van der Waals surface area contributed by atoms with Crippen molar-refractivity contribution in [2.45, 2.75) is 19.8 Å². The quantitative estimate of drug-likeness (QED) is 0.916. The Morgan fingerprint density at radius 3 is 2.53 bits per heavy atom. The van der Waals surface area contributed by atoms with E-state index in [1.807, 2.05) is 32.0 Å². The minimum Gasteiger partial charge on any atom is -0.497 e. The van der Waals surface area contributed by atoms with Crippen molar-refractivity contribution < 1.29 is 14.0 Å². The van der Waals surface area contributed by atoms with E-state index in [0.717, 1.165) is 16.9 Å². The molecule has 0 amide bonds. The number of nitrogen functional groups attached to an aromatic ring is 1. The van der Waals surface area contributed by atoms with Gasteiger partial charge in [0, 0.05) is 5.56 Å². The van der Waals surface area contributed by atoms with Gasteiger partial charge in [0.15, 0.2) is 11.6 Å². The molecule has 102 valence electrons. The van der Waals surface area contributed by atoms with E-state index < -0.39 is 0 Å². The summed E-state index contributed by atoms with van der Waals surface area (Å²) in [5, 5.41) is 3.85. The monoisotopic (exact) mass is 262 g/mol. The molecule has 0 fully saturated rings. The molecule has 0 aliphatic carbocycles. The highest BCUT2D eigenvalue weighted by Crippen LogP contribution is 2.39. The van der Waals surface area contributed by atoms with Crippen molar-refractivity contribution in [3.8, 4) is 22.8 Å². The maximum absolute atomic E-state index is 5.86. The average molecular weight is 262 g/mol. The first-order valence-corrected chi connectivity index (χ1v) is 6.06. The maximum atomic E-state index is 5.86. The molecular formula is C14H18N2O3. The van der Waals surface area contributed by atoms with Crippen LogP contribution in [0.2, 0.25) is 0 Å². The number of methoxy groups -OCH3 is 2. The first kappa shape index (κ1) is 13.3. The molecule has 5 nitrogen and oxygen atoms in total. The van der Waals surface area contributed by atoms with Gasteiger partial charge in [0.05, 0.1) is 19.8 Å². The van der Waals surface area contributed by atoms with E-state index in [-0.39, 0.29) is 5.92 Å². The molecule has 2 N–H and O–H groups in total. The Bertz CT molecular complexity index is 576. The average Bonchev–Trinajstić information content (AvgIpc) is 2.79. The van der Waals surface area contributed by atoms with E-state index in [4.69, 9.17) is 19.7 Å². The van der Waals surface area contributed by atoms with Crippen LogP contribution >= 0.6 is 0 Å². The molecule has 2 aromatic rings. The predicted molar refractivity (Wildman–Crippen MR) is 73.5 cm³/mol. The van der Waals surface area contributed by atoms with Crippen molar-refractivity contribution in [2.24, 2.45) is 0 Å². The second-order valence-corrected chi connectivity index (χ2v) is 4.53. The fourth-order valence-corrected chi connectivity index (χ4v) is 2.05. The van der Waals surface area contributed by atoms with Gasteiger partial charge in [-0.15, -0.1) is 0 Å². The lowest BCUT2D eigenvalue weighted by atomic mass is 9.98. The molecule has 0 saturated carbocycles. The Morgan fingerprint density at radius 2 is 1.95 bits per heavy atom. The van der Waals surface area contributed by atoms with Crippen LogP contribution in [0, 0.1) is 0 Å². The molecule has 5 heteroatoms. The summed E-state index contributed by atoms with van der Waals surface area (Å²) in [4.78, 5) is 0. The molecule has 1 aromatic carbocycles. The summed E-state index contributed by atoms with van der Waals surface area (Å²) in [5.74, 6) is 2.66. The van der Waals surface area contributed by atoms with Crippen molar-refractivity contribution in [3.05, 3.63) is 23.8 Å². The Labute approximate surface area is 112 Å². The highest BCUT2D eigenvalue weighted by molar-refractivity contribution is 5.73. The molecule has 0 aliphatic rings. The Hall–Kier alpha value is -2.17. The molecule has 0 radical (unpaired) electrons. The Kier molecular flexibility index (Phi) is 3.64. The van der Waals surface area contributed by atoms with Crippen molar-refractivity contribution in [1.82, 2.24) is 5.16 Å². The first-order chi connectivity index (χ1) is 9.08. The lowest BCUT2D eigenvalue weighted by molar-refractivity contribution is 0.398. The summed E-state index contributed by atoms with van der Waals surface area (Å²) < 4.78 is 16.0. The van der Waals surface area contributed by atoms with Crippen LogP contribution in [0.5, 0.6) is 11.5 Å². The molecule has 0 atom stereocenters. The van der Waals surface area contributed by atoms with Crippen molar-refractivity contribution in [3.63, 3.8) is 0 Å². The van der Waals surface area contributed by atoms with Crippen LogP contribution < -0.4 is 15.2 Å². The van der Waals surface area contributed by atoms with E-state index >= 15 is 0 Å². The summed E-state index contributed by atoms with van der Waals surface area (Å²) in [6.45, 7) is 4.08. The smallest absolute Gasteiger partial charge is 0.176 e. The van der Waals surface area contributed by atoms with Crippen LogP contribution in [0.25, 0.3) is 11.3 Å². The molecule has 1 heterocycles. The summed E-state index contributed by atoms with van der Waals surface area (Å²) >= 11 is 0. The van der Waals surface area contributed by atoms with Gasteiger partial charge in [0.1, 0.15) is 11.5 Å². The van der Waals surface area contributed by atoms with Crippen molar-refractivity contribution >= 4 is 5.82 Å². The van der Waals surface area contributed by atoms with Crippen LogP contribution in [0.15, 0.2) is 22.7 Å². The van der Waals surface area contributed by atoms with Crippen LogP contribution in [-0.4, -0.2) is 19.4 Å². The fourth-order valence-electron chi connectivity index (χ4n) is 2.05. The van der Waals surface area contributed by atoms with Gasteiger partial charge in [0.25, 0.3) is 0 Å². The number of rotatable bonds is 4. The van der Waals surface area contributed by atoms with Gasteiger partial charge in [-0.2, -0.15) is 0 Å². The number of benzene rings is 1. The highest BCUT2D eigenvalue weighted by atomic mass is 16.5. The molecule has 19 heavy (non-hydrogen) atoms. The van der Waals surface area contributed by atoms with E-state index in [2.05, 4.69) is 5.16 Å². The molecule has 0 bridgehead atoms. The van der Waals surface area contributed by atoms with Gasteiger partial charge >= 0.3 is 0 Å². The number of aromatic nitrogens is 1. The largest absolute Gasteiger partial charge is 0.497 e. The molecule has 0 spiro atoms. The highest BCUT2D eigenvalue weighted by Gasteiger charge is 2.21. The predicted octanol–water partition coefficient (Wildman–Crippen LogP) is 3.06. The van der Waals surface area contributed by atoms with E-state index in [1.54, 1.807) is 14.2 Å². The SMILES string of the molecule is COc1ccc(OC)c(-c2onc(N)c2C(C)C)c1. The van der Waals surface area contributed by atoms with Crippen molar-refractivity contribution in [1.29, 1.82) is 0 Å². The van der Waals surface area contributed by atoms with Crippen LogP contribution in [0.1, 0.15) is 25.3 Å². The lowest BCUT2D eigenvalue weighted by Gasteiger charge is -2.11. The number of ether oxygens (including phenoxy) is 2. The minimum atomic E-state index is 0.206. The molecule has 0 unspecified atom stereocenters. The van der Waals surface area contributed by atoms with E-state index in [9.17, 15) is 0 Å². The summed E-state index contributed by atoms with van der Waals surface area (Å²) in [5.41, 5.74) is 7.53. The van der Waals surface area contributed by atoms with E-state index in [1.165, 1.54) is 0 Å². The third kappa shape index (κ3) is 2.36. The standard InChI is InChI=1S/C14H18N2O3/c1-8(2)12-13(19-16-14(12)15)10-7-9(17-3)5-6-11(10)18-4/h5-8H,1-4H3,(H2,15,16). The first-order valence-electron chi connectivity index (χ1n) is 6.06. The Balaban J connectivity index is 2.63. The minimum absolute atomic E-state index is 0.206. The molecular weight excluding hydrogens is 244 g/mol. The zero-order valence-corrected chi connectivity index (χ0v) is 11.6. The zero-order chi connectivity index (χ0) is 14.0. The van der Waals surface area contributed by atoms with Crippen molar-refractivity contribution in [2.75, 3.05) is 20.0 Å². The Morgan fingerprint density at radius 1 is 1.21 bits per heavy atom. The number of hydrogen-bond acceptors (Lipinski definition) is 5. The second-order valence-electron chi connectivity index (χ2n) is 4.53. The van der Waals surface area contributed by atoms with Gasteiger partial charge in [-0.25, -0.2) is 0 Å². The number of anilines is 1. The van der Waals surface area contributed by atoms with Gasteiger partial charge in [-0.1, -0.05) is 19.0 Å². The molecule has 0 aliphatic heterocycles. The fraction of sp³-hybridized carbons (Fsp3) is 0.357. The molecule has 2 rings (SSSR count). The lowest BCUT2D eigenvalue weighted by Crippen LogP contribution is -1.96. The van der Waals surface area contributed by atoms with Gasteiger partial charge in [0.2, 0.25) is 0 Å². The van der Waals surface area contributed by atoms with E-state index in [0.29, 0.717) is 17.3 Å². The topological polar surface area (TPSA) is 70.5 Å². The molecule has 0 saturated heterocycles. The third-order valence-corrected chi connectivity index (χ3v) is 2.98. The summed E-state index contributed by atoms with van der Waals surface area (Å²) in [7, 11) is 3.23. The second kappa shape index (κ2) is 5.22. The normalized spacial score (nSPS) is 10.8. The van der Waals surface area contributed by atoms with Crippen LogP contribution in [0.4, 0.5) is 5.82 Å². The van der Waals surface area contributed by atoms with Gasteiger partial charge < -0.3 is 19.7 Å².